The first kappa shape index (κ1) is 17.1. The van der Waals surface area contributed by atoms with Crippen LogP contribution >= 0.6 is 0 Å². The van der Waals surface area contributed by atoms with Crippen molar-refractivity contribution in [3.05, 3.63) is 54.6 Å². The number of rotatable bonds is 7. The summed E-state index contributed by atoms with van der Waals surface area (Å²) in [5.41, 5.74) is 1.80. The van der Waals surface area contributed by atoms with Gasteiger partial charge >= 0.3 is 0 Å². The third-order valence-corrected chi connectivity index (χ3v) is 3.98. The first-order valence-corrected chi connectivity index (χ1v) is 8.33. The molecule has 0 fully saturated rings. The zero-order valence-electron chi connectivity index (χ0n) is 14.7. The van der Waals surface area contributed by atoms with E-state index in [1.807, 2.05) is 36.4 Å². The number of methoxy groups -OCH3 is 1. The summed E-state index contributed by atoms with van der Waals surface area (Å²) >= 11 is 0. The van der Waals surface area contributed by atoms with Crippen molar-refractivity contribution in [2.75, 3.05) is 7.11 Å². The number of hydrogen-bond acceptors (Lipinski definition) is 5. The lowest BCUT2D eigenvalue weighted by molar-refractivity contribution is 0.0458. The highest BCUT2D eigenvalue weighted by atomic mass is 16.5. The second-order valence-electron chi connectivity index (χ2n) is 5.73. The molecule has 0 amide bonds. The minimum atomic E-state index is 0.167. The molecule has 1 atom stereocenters. The van der Waals surface area contributed by atoms with Crippen LogP contribution < -0.4 is 4.74 Å². The fourth-order valence-electron chi connectivity index (χ4n) is 2.34. The lowest BCUT2D eigenvalue weighted by atomic mass is 10.2. The maximum absolute atomic E-state index is 5.88. The summed E-state index contributed by atoms with van der Waals surface area (Å²) in [4.78, 5) is 8.72. The molecular formula is C19H22N4O2. The highest BCUT2D eigenvalue weighted by Gasteiger charge is 2.15. The minimum absolute atomic E-state index is 0.167. The summed E-state index contributed by atoms with van der Waals surface area (Å²) in [7, 11) is 1.65. The Morgan fingerprint density at radius 2 is 1.96 bits per heavy atom. The van der Waals surface area contributed by atoms with Gasteiger partial charge < -0.3 is 9.47 Å². The molecule has 2 aromatic heterocycles. The maximum Gasteiger partial charge on any atom is 0.182 e. The van der Waals surface area contributed by atoms with Crippen LogP contribution in [0.15, 0.2) is 48.8 Å². The molecule has 0 bridgehead atoms. The highest BCUT2D eigenvalue weighted by Crippen LogP contribution is 2.21. The molecule has 130 valence electrons. The van der Waals surface area contributed by atoms with Crippen LogP contribution in [-0.4, -0.2) is 33.0 Å². The molecule has 3 aromatic rings. The topological polar surface area (TPSA) is 62.1 Å². The Labute approximate surface area is 147 Å². The summed E-state index contributed by atoms with van der Waals surface area (Å²) in [6, 6.07) is 11.5. The predicted octanol–water partition coefficient (Wildman–Crippen LogP) is 3.65. The van der Waals surface area contributed by atoms with Gasteiger partial charge in [0.15, 0.2) is 11.6 Å². The third-order valence-electron chi connectivity index (χ3n) is 3.98. The normalized spacial score (nSPS) is 12.1. The van der Waals surface area contributed by atoms with Gasteiger partial charge in [-0.15, -0.1) is 5.10 Å². The van der Waals surface area contributed by atoms with Gasteiger partial charge in [0, 0.05) is 24.0 Å². The SMILES string of the molecule is CCC(C)OCc1nc(-c2ccncc2)nn1-c1cccc(OC)c1. The van der Waals surface area contributed by atoms with Crippen LogP contribution in [0.3, 0.4) is 0 Å². The number of pyridine rings is 1. The summed E-state index contributed by atoms with van der Waals surface area (Å²) in [5.74, 6) is 2.17. The Morgan fingerprint density at radius 3 is 2.68 bits per heavy atom. The Bertz CT molecular complexity index is 817. The lowest BCUT2D eigenvalue weighted by Crippen LogP contribution is -2.10. The van der Waals surface area contributed by atoms with Gasteiger partial charge in [-0.05, 0) is 37.6 Å². The van der Waals surface area contributed by atoms with E-state index < -0.39 is 0 Å². The lowest BCUT2D eigenvalue weighted by Gasteiger charge is -2.11. The van der Waals surface area contributed by atoms with Gasteiger partial charge in [-0.2, -0.15) is 0 Å². The largest absolute Gasteiger partial charge is 0.497 e. The van der Waals surface area contributed by atoms with Gasteiger partial charge in [-0.3, -0.25) is 4.98 Å². The van der Waals surface area contributed by atoms with Crippen LogP contribution in [0, 0.1) is 0 Å². The number of hydrogen-bond donors (Lipinski definition) is 0. The van der Waals surface area contributed by atoms with Gasteiger partial charge in [-0.25, -0.2) is 9.67 Å². The molecular weight excluding hydrogens is 316 g/mol. The average Bonchev–Trinajstić information content (AvgIpc) is 3.11. The minimum Gasteiger partial charge on any atom is -0.497 e. The number of nitrogens with zero attached hydrogens (tertiary/aromatic N) is 4. The van der Waals surface area contributed by atoms with E-state index in [4.69, 9.17) is 9.47 Å². The zero-order chi connectivity index (χ0) is 17.6. The smallest absolute Gasteiger partial charge is 0.182 e. The van der Waals surface area contributed by atoms with Crippen molar-refractivity contribution >= 4 is 0 Å². The average molecular weight is 338 g/mol. The number of ether oxygens (including phenoxy) is 2. The molecule has 25 heavy (non-hydrogen) atoms. The molecule has 0 aliphatic rings. The first-order valence-electron chi connectivity index (χ1n) is 8.33. The summed E-state index contributed by atoms with van der Waals surface area (Å²) in [5, 5.41) is 4.67. The van der Waals surface area contributed by atoms with E-state index in [0.717, 1.165) is 29.2 Å². The highest BCUT2D eigenvalue weighted by molar-refractivity contribution is 5.54. The molecule has 0 saturated carbocycles. The molecule has 0 spiro atoms. The molecule has 3 rings (SSSR count). The molecule has 0 aliphatic heterocycles. The molecule has 1 unspecified atom stereocenters. The molecule has 0 aliphatic carbocycles. The Balaban J connectivity index is 2.00. The number of aromatic nitrogens is 4. The van der Waals surface area contributed by atoms with Crippen LogP contribution in [0.1, 0.15) is 26.1 Å². The third kappa shape index (κ3) is 4.03. The Morgan fingerprint density at radius 1 is 1.16 bits per heavy atom. The van der Waals surface area contributed by atoms with Crippen molar-refractivity contribution in [1.29, 1.82) is 0 Å². The van der Waals surface area contributed by atoms with E-state index in [1.54, 1.807) is 24.2 Å². The molecule has 0 N–H and O–H groups in total. The fraction of sp³-hybridized carbons (Fsp3) is 0.316. The molecule has 2 heterocycles. The van der Waals surface area contributed by atoms with Crippen molar-refractivity contribution in [1.82, 2.24) is 19.7 Å². The fourth-order valence-corrected chi connectivity index (χ4v) is 2.34. The van der Waals surface area contributed by atoms with Crippen molar-refractivity contribution in [3.8, 4) is 22.8 Å². The van der Waals surface area contributed by atoms with Crippen LogP contribution in [0.2, 0.25) is 0 Å². The molecule has 0 radical (unpaired) electrons. The standard InChI is InChI=1S/C19H22N4O2/c1-4-14(2)25-13-18-21-19(15-8-10-20-11-9-15)22-23(18)16-6-5-7-17(12-16)24-3/h5-12,14H,4,13H2,1-3H3. The van der Waals surface area contributed by atoms with Crippen LogP contribution in [0.5, 0.6) is 5.75 Å². The Hall–Kier alpha value is -2.73. The van der Waals surface area contributed by atoms with E-state index in [9.17, 15) is 0 Å². The van der Waals surface area contributed by atoms with E-state index >= 15 is 0 Å². The second kappa shape index (κ2) is 7.90. The zero-order valence-corrected chi connectivity index (χ0v) is 14.7. The Kier molecular flexibility index (Phi) is 5.40. The van der Waals surface area contributed by atoms with Gasteiger partial charge in [-0.1, -0.05) is 13.0 Å². The molecule has 6 heteroatoms. The van der Waals surface area contributed by atoms with Gasteiger partial charge in [0.1, 0.15) is 12.4 Å². The summed E-state index contributed by atoms with van der Waals surface area (Å²) in [6.45, 7) is 4.54. The van der Waals surface area contributed by atoms with E-state index in [-0.39, 0.29) is 6.10 Å². The monoisotopic (exact) mass is 338 g/mol. The van der Waals surface area contributed by atoms with E-state index in [2.05, 4.69) is 28.9 Å². The van der Waals surface area contributed by atoms with Crippen LogP contribution in [-0.2, 0) is 11.3 Å². The maximum atomic E-state index is 5.88. The second-order valence-corrected chi connectivity index (χ2v) is 5.73. The van der Waals surface area contributed by atoms with Crippen LogP contribution in [0.4, 0.5) is 0 Å². The number of benzene rings is 1. The van der Waals surface area contributed by atoms with Crippen molar-refractivity contribution in [2.45, 2.75) is 33.0 Å². The predicted molar refractivity (Wildman–Crippen MR) is 95.7 cm³/mol. The molecule has 1 aromatic carbocycles. The van der Waals surface area contributed by atoms with E-state index in [0.29, 0.717) is 12.4 Å². The summed E-state index contributed by atoms with van der Waals surface area (Å²) in [6.07, 6.45) is 4.58. The quantitative estimate of drug-likeness (QED) is 0.658. The van der Waals surface area contributed by atoms with Crippen LogP contribution in [0.25, 0.3) is 17.1 Å². The van der Waals surface area contributed by atoms with Gasteiger partial charge in [0.25, 0.3) is 0 Å². The van der Waals surface area contributed by atoms with Crippen molar-refractivity contribution in [3.63, 3.8) is 0 Å². The van der Waals surface area contributed by atoms with Crippen molar-refractivity contribution in [2.24, 2.45) is 0 Å². The van der Waals surface area contributed by atoms with Gasteiger partial charge in [0.05, 0.1) is 18.9 Å². The summed E-state index contributed by atoms with van der Waals surface area (Å²) < 4.78 is 13.0. The molecule has 0 saturated heterocycles. The van der Waals surface area contributed by atoms with Gasteiger partial charge in [0.2, 0.25) is 0 Å². The molecule has 6 nitrogen and oxygen atoms in total. The first-order chi connectivity index (χ1) is 12.2. The van der Waals surface area contributed by atoms with E-state index in [1.165, 1.54) is 0 Å². The van der Waals surface area contributed by atoms with Crippen molar-refractivity contribution < 1.29 is 9.47 Å².